The van der Waals surface area contributed by atoms with Crippen molar-refractivity contribution in [3.05, 3.63) is 65.5 Å². The highest BCUT2D eigenvalue weighted by Gasteiger charge is 2.16. The van der Waals surface area contributed by atoms with Gasteiger partial charge in [0.1, 0.15) is 28.2 Å². The minimum absolute atomic E-state index is 0.162. The molecule has 0 bridgehead atoms. The standard InChI is InChI=1S/C20H17N5O3S/c1-2-28-15-6-4-3-5-14(15)23-16(26)11-25-12-22-18-17(13-7-9-21-10-8-13)24-29-19(18)20(25)27/h3-10,12H,2,11H2,1H3,(H,23,26). The maximum atomic E-state index is 12.8. The van der Waals surface area contributed by atoms with Crippen LogP contribution in [-0.2, 0) is 11.3 Å². The minimum Gasteiger partial charge on any atom is -0.492 e. The zero-order chi connectivity index (χ0) is 20.2. The number of nitrogens with one attached hydrogen (secondary N) is 1. The number of hydrogen-bond donors (Lipinski definition) is 1. The fraction of sp³-hybridized carbons (Fsp3) is 0.150. The normalized spacial score (nSPS) is 10.8. The quantitative estimate of drug-likeness (QED) is 0.528. The average Bonchev–Trinajstić information content (AvgIpc) is 3.17. The molecule has 0 spiro atoms. The second-order valence-corrected chi connectivity index (χ2v) is 6.87. The highest BCUT2D eigenvalue weighted by molar-refractivity contribution is 7.13. The molecule has 8 nitrogen and oxygen atoms in total. The van der Waals surface area contributed by atoms with Crippen molar-refractivity contribution in [1.82, 2.24) is 18.9 Å². The molecule has 1 N–H and O–H groups in total. The van der Waals surface area contributed by atoms with Gasteiger partial charge in [-0.15, -0.1) is 0 Å². The SMILES string of the molecule is CCOc1ccccc1NC(=O)Cn1cnc2c(-c3ccncc3)nsc2c1=O. The van der Waals surface area contributed by atoms with E-state index in [1.165, 1.54) is 10.9 Å². The number of para-hydroxylation sites is 2. The summed E-state index contributed by atoms with van der Waals surface area (Å²) >= 11 is 1.07. The van der Waals surface area contributed by atoms with Crippen LogP contribution in [-0.4, -0.2) is 31.4 Å². The van der Waals surface area contributed by atoms with E-state index in [1.54, 1.807) is 30.6 Å². The molecule has 9 heteroatoms. The summed E-state index contributed by atoms with van der Waals surface area (Å²) in [5, 5.41) is 2.78. The van der Waals surface area contributed by atoms with E-state index in [0.717, 1.165) is 17.1 Å². The molecule has 146 valence electrons. The smallest absolute Gasteiger partial charge is 0.273 e. The maximum absolute atomic E-state index is 12.8. The number of hydrogen-bond acceptors (Lipinski definition) is 7. The molecule has 3 heterocycles. The number of carbonyl (C=O) groups is 1. The Morgan fingerprint density at radius 3 is 2.79 bits per heavy atom. The summed E-state index contributed by atoms with van der Waals surface area (Å²) in [6.45, 7) is 2.19. The largest absolute Gasteiger partial charge is 0.492 e. The molecule has 1 amide bonds. The van der Waals surface area contributed by atoms with Gasteiger partial charge in [0.25, 0.3) is 5.56 Å². The van der Waals surface area contributed by atoms with E-state index >= 15 is 0 Å². The molecule has 0 aliphatic carbocycles. The number of rotatable bonds is 6. The summed E-state index contributed by atoms with van der Waals surface area (Å²) in [5.74, 6) is 0.230. The summed E-state index contributed by atoms with van der Waals surface area (Å²) in [6.07, 6.45) is 4.69. The van der Waals surface area contributed by atoms with Gasteiger partial charge in [-0.2, -0.15) is 4.37 Å². The van der Waals surface area contributed by atoms with Crippen molar-refractivity contribution < 1.29 is 9.53 Å². The van der Waals surface area contributed by atoms with E-state index < -0.39 is 0 Å². The van der Waals surface area contributed by atoms with Crippen molar-refractivity contribution in [3.63, 3.8) is 0 Å². The van der Waals surface area contributed by atoms with E-state index in [0.29, 0.717) is 34.0 Å². The van der Waals surface area contributed by atoms with Gasteiger partial charge in [-0.05, 0) is 42.7 Å². The number of ether oxygens (including phenoxy) is 1. The number of amides is 1. The summed E-state index contributed by atoms with van der Waals surface area (Å²) in [6, 6.07) is 10.8. The number of nitrogens with zero attached hydrogens (tertiary/aromatic N) is 4. The van der Waals surface area contributed by atoms with Crippen LogP contribution in [0.15, 0.2) is 59.9 Å². The zero-order valence-electron chi connectivity index (χ0n) is 15.5. The van der Waals surface area contributed by atoms with Gasteiger partial charge in [0, 0.05) is 18.0 Å². The first-order valence-electron chi connectivity index (χ1n) is 8.94. The fourth-order valence-electron chi connectivity index (χ4n) is 2.86. The molecular weight excluding hydrogens is 390 g/mol. The molecule has 29 heavy (non-hydrogen) atoms. The molecule has 4 rings (SSSR count). The lowest BCUT2D eigenvalue weighted by atomic mass is 10.2. The third-order valence-corrected chi connectivity index (χ3v) is 5.00. The summed E-state index contributed by atoms with van der Waals surface area (Å²) in [4.78, 5) is 33.6. The third-order valence-electron chi connectivity index (χ3n) is 4.18. The Bertz CT molecular complexity index is 1220. The van der Waals surface area contributed by atoms with E-state index in [4.69, 9.17) is 4.74 Å². The molecule has 0 radical (unpaired) electrons. The first-order valence-corrected chi connectivity index (χ1v) is 9.71. The minimum atomic E-state index is -0.348. The number of anilines is 1. The summed E-state index contributed by atoms with van der Waals surface area (Å²) in [7, 11) is 0. The second kappa shape index (κ2) is 8.19. The summed E-state index contributed by atoms with van der Waals surface area (Å²) in [5.41, 5.74) is 2.23. The molecule has 0 saturated carbocycles. The third kappa shape index (κ3) is 3.85. The van der Waals surface area contributed by atoms with E-state index in [2.05, 4.69) is 19.7 Å². The first-order chi connectivity index (χ1) is 14.2. The van der Waals surface area contributed by atoms with Gasteiger partial charge in [-0.3, -0.25) is 19.1 Å². The van der Waals surface area contributed by atoms with Crippen LogP contribution >= 0.6 is 11.5 Å². The number of aromatic nitrogens is 4. The van der Waals surface area contributed by atoms with Crippen molar-refractivity contribution in [1.29, 1.82) is 0 Å². The van der Waals surface area contributed by atoms with Crippen LogP contribution in [0.3, 0.4) is 0 Å². The van der Waals surface area contributed by atoms with Crippen LogP contribution in [0, 0.1) is 0 Å². The molecule has 0 aliphatic heterocycles. The molecule has 0 aliphatic rings. The van der Waals surface area contributed by atoms with Crippen molar-refractivity contribution >= 4 is 33.3 Å². The maximum Gasteiger partial charge on any atom is 0.273 e. The van der Waals surface area contributed by atoms with Crippen LogP contribution in [0.5, 0.6) is 5.75 Å². The monoisotopic (exact) mass is 407 g/mol. The van der Waals surface area contributed by atoms with Crippen molar-refractivity contribution in [2.45, 2.75) is 13.5 Å². The Kier molecular flexibility index (Phi) is 5.30. The second-order valence-electron chi connectivity index (χ2n) is 6.10. The topological polar surface area (TPSA) is 99.0 Å². The molecule has 3 aromatic heterocycles. The van der Waals surface area contributed by atoms with Crippen molar-refractivity contribution in [2.75, 3.05) is 11.9 Å². The zero-order valence-corrected chi connectivity index (χ0v) is 16.3. The Morgan fingerprint density at radius 2 is 2.00 bits per heavy atom. The lowest BCUT2D eigenvalue weighted by Gasteiger charge is -2.11. The molecule has 0 saturated heterocycles. The number of benzene rings is 1. The van der Waals surface area contributed by atoms with E-state index in [9.17, 15) is 9.59 Å². The van der Waals surface area contributed by atoms with Gasteiger partial charge in [0.2, 0.25) is 5.91 Å². The Balaban J connectivity index is 1.58. The molecule has 0 fully saturated rings. The highest BCUT2D eigenvalue weighted by Crippen LogP contribution is 2.27. The van der Waals surface area contributed by atoms with Gasteiger partial charge in [0.15, 0.2) is 0 Å². The van der Waals surface area contributed by atoms with Crippen LogP contribution < -0.4 is 15.6 Å². The van der Waals surface area contributed by atoms with Crippen LogP contribution in [0.25, 0.3) is 21.5 Å². The Morgan fingerprint density at radius 1 is 1.21 bits per heavy atom. The van der Waals surface area contributed by atoms with Gasteiger partial charge in [0.05, 0.1) is 18.6 Å². The lowest BCUT2D eigenvalue weighted by molar-refractivity contribution is -0.116. The average molecular weight is 407 g/mol. The molecule has 0 atom stereocenters. The van der Waals surface area contributed by atoms with Gasteiger partial charge >= 0.3 is 0 Å². The predicted molar refractivity (Wildman–Crippen MR) is 111 cm³/mol. The predicted octanol–water partition coefficient (Wildman–Crippen LogP) is 2.95. The van der Waals surface area contributed by atoms with Crippen molar-refractivity contribution in [2.24, 2.45) is 0 Å². The fourth-order valence-corrected chi connectivity index (χ4v) is 3.67. The van der Waals surface area contributed by atoms with Gasteiger partial charge < -0.3 is 10.1 Å². The number of pyridine rings is 1. The van der Waals surface area contributed by atoms with E-state index in [1.807, 2.05) is 25.1 Å². The van der Waals surface area contributed by atoms with Gasteiger partial charge in [-0.25, -0.2) is 4.98 Å². The highest BCUT2D eigenvalue weighted by atomic mass is 32.1. The molecule has 4 aromatic rings. The van der Waals surface area contributed by atoms with Crippen LogP contribution in [0.1, 0.15) is 6.92 Å². The molecule has 1 aromatic carbocycles. The van der Waals surface area contributed by atoms with Crippen molar-refractivity contribution in [3.8, 4) is 17.0 Å². The Hall–Kier alpha value is -3.59. The first kappa shape index (κ1) is 18.8. The molecule has 0 unspecified atom stereocenters. The molecular formula is C20H17N5O3S. The number of carbonyl (C=O) groups excluding carboxylic acids is 1. The van der Waals surface area contributed by atoms with E-state index in [-0.39, 0.29) is 18.0 Å². The van der Waals surface area contributed by atoms with Crippen LogP contribution in [0.2, 0.25) is 0 Å². The van der Waals surface area contributed by atoms with Crippen LogP contribution in [0.4, 0.5) is 5.69 Å². The summed E-state index contributed by atoms with van der Waals surface area (Å²) < 4.78 is 11.6. The lowest BCUT2D eigenvalue weighted by Crippen LogP contribution is -2.27. The van der Waals surface area contributed by atoms with Gasteiger partial charge in [-0.1, -0.05) is 12.1 Å². The number of fused-ring (bicyclic) bond motifs is 1. The Labute approximate surface area is 170 Å².